The molecule has 0 amide bonds. The fraction of sp³-hybridized carbons (Fsp3) is 0.647. The van der Waals surface area contributed by atoms with Crippen LogP contribution in [0.2, 0.25) is 5.02 Å². The molecule has 1 fully saturated rings. The van der Waals surface area contributed by atoms with E-state index in [-0.39, 0.29) is 12.0 Å². The predicted octanol–water partition coefficient (Wildman–Crippen LogP) is 3.86. The maximum Gasteiger partial charge on any atom is 0.0440 e. The number of aliphatic hydroxyl groups is 1. The third-order valence-electron chi connectivity index (χ3n) is 4.53. The third kappa shape index (κ3) is 3.75. The van der Waals surface area contributed by atoms with Crippen LogP contribution < -0.4 is 0 Å². The fourth-order valence-electron chi connectivity index (χ4n) is 3.40. The van der Waals surface area contributed by atoms with Gasteiger partial charge in [0.25, 0.3) is 0 Å². The number of likely N-dealkylation sites (tertiary alicyclic amines) is 1. The molecule has 0 bridgehead atoms. The first-order chi connectivity index (χ1) is 9.70. The second-order valence-electron chi connectivity index (χ2n) is 5.99. The van der Waals surface area contributed by atoms with E-state index >= 15 is 0 Å². The molecule has 1 saturated heterocycles. The normalized spacial score (nSPS) is 23.9. The first-order valence-electron chi connectivity index (χ1n) is 7.79. The van der Waals surface area contributed by atoms with Gasteiger partial charge in [0, 0.05) is 23.6 Å². The van der Waals surface area contributed by atoms with Gasteiger partial charge in [-0.05, 0) is 56.5 Å². The summed E-state index contributed by atoms with van der Waals surface area (Å²) < 4.78 is 0. The van der Waals surface area contributed by atoms with Crippen LogP contribution in [0.1, 0.15) is 44.6 Å². The van der Waals surface area contributed by atoms with Gasteiger partial charge in [0.05, 0.1) is 0 Å². The topological polar surface area (TPSA) is 23.5 Å². The monoisotopic (exact) mass is 295 g/mol. The second kappa shape index (κ2) is 7.44. The van der Waals surface area contributed by atoms with E-state index in [1.54, 1.807) is 0 Å². The molecule has 1 aliphatic rings. The van der Waals surface area contributed by atoms with E-state index in [1.807, 2.05) is 12.1 Å². The molecule has 0 radical (unpaired) electrons. The molecule has 2 rings (SSSR count). The highest BCUT2D eigenvalue weighted by atomic mass is 35.5. The number of hydrogen-bond acceptors (Lipinski definition) is 2. The first kappa shape index (κ1) is 15.8. The molecule has 1 heterocycles. The number of hydrogen-bond donors (Lipinski definition) is 1. The van der Waals surface area contributed by atoms with Crippen molar-refractivity contribution in [3.8, 4) is 0 Å². The molecule has 0 aliphatic carbocycles. The van der Waals surface area contributed by atoms with Gasteiger partial charge in [0.1, 0.15) is 0 Å². The molecule has 1 unspecified atom stereocenters. The molecule has 20 heavy (non-hydrogen) atoms. The minimum absolute atomic E-state index is 0.103. The minimum atomic E-state index is 0.103. The van der Waals surface area contributed by atoms with E-state index in [4.69, 9.17) is 11.6 Å². The van der Waals surface area contributed by atoms with Crippen LogP contribution in [-0.2, 0) is 5.41 Å². The van der Waals surface area contributed by atoms with Crippen molar-refractivity contribution in [1.29, 1.82) is 0 Å². The Hall–Kier alpha value is -0.570. The van der Waals surface area contributed by atoms with Crippen LogP contribution in [0.15, 0.2) is 24.3 Å². The van der Waals surface area contributed by atoms with Crippen molar-refractivity contribution < 1.29 is 5.11 Å². The Balaban J connectivity index is 2.17. The van der Waals surface area contributed by atoms with E-state index in [0.29, 0.717) is 0 Å². The minimum Gasteiger partial charge on any atom is -0.396 e. The van der Waals surface area contributed by atoms with Gasteiger partial charge in [-0.2, -0.15) is 0 Å². The molecule has 0 aromatic heterocycles. The smallest absolute Gasteiger partial charge is 0.0440 e. The molecular formula is C17H26ClNO. The number of nitrogens with zero attached hydrogens (tertiary/aromatic N) is 1. The molecular weight excluding hydrogens is 270 g/mol. The lowest BCUT2D eigenvalue weighted by molar-refractivity contribution is 0.117. The Morgan fingerprint density at radius 1 is 1.30 bits per heavy atom. The number of piperidine rings is 1. The summed E-state index contributed by atoms with van der Waals surface area (Å²) in [7, 11) is 0. The van der Waals surface area contributed by atoms with E-state index in [1.165, 1.54) is 37.9 Å². The Kier molecular flexibility index (Phi) is 5.88. The van der Waals surface area contributed by atoms with Crippen LogP contribution in [0.4, 0.5) is 0 Å². The SMILES string of the molecule is CCCCN1CCCC(CCO)(c2ccc(Cl)cc2)C1. The maximum atomic E-state index is 9.52. The summed E-state index contributed by atoms with van der Waals surface area (Å²) in [4.78, 5) is 2.57. The van der Waals surface area contributed by atoms with Gasteiger partial charge in [-0.3, -0.25) is 0 Å². The van der Waals surface area contributed by atoms with Crippen molar-refractivity contribution in [2.45, 2.75) is 44.4 Å². The second-order valence-corrected chi connectivity index (χ2v) is 6.43. The Labute approximate surface area is 127 Å². The van der Waals surface area contributed by atoms with Crippen LogP contribution in [0.5, 0.6) is 0 Å². The van der Waals surface area contributed by atoms with Crippen LogP contribution in [-0.4, -0.2) is 36.2 Å². The Morgan fingerprint density at radius 2 is 2.05 bits per heavy atom. The highest BCUT2D eigenvalue weighted by Gasteiger charge is 2.36. The van der Waals surface area contributed by atoms with Crippen molar-refractivity contribution in [3.63, 3.8) is 0 Å². The summed E-state index contributed by atoms with van der Waals surface area (Å²) in [6, 6.07) is 8.23. The molecule has 0 spiro atoms. The lowest BCUT2D eigenvalue weighted by Crippen LogP contribution is -2.46. The molecule has 112 valence electrons. The van der Waals surface area contributed by atoms with Crippen LogP contribution in [0.25, 0.3) is 0 Å². The standard InChI is InChI=1S/C17H26ClNO/c1-2-3-11-19-12-4-9-17(14-19,10-13-20)15-5-7-16(18)8-6-15/h5-8,20H,2-4,9-14H2,1H3. The average Bonchev–Trinajstić information content (AvgIpc) is 2.46. The van der Waals surface area contributed by atoms with Crippen molar-refractivity contribution in [1.82, 2.24) is 4.90 Å². The third-order valence-corrected chi connectivity index (χ3v) is 4.78. The average molecular weight is 296 g/mol. The largest absolute Gasteiger partial charge is 0.396 e. The molecule has 1 aromatic rings. The molecule has 0 saturated carbocycles. The predicted molar refractivity (Wildman–Crippen MR) is 85.4 cm³/mol. The first-order valence-corrected chi connectivity index (χ1v) is 8.17. The molecule has 1 aliphatic heterocycles. The Bertz CT molecular complexity index is 402. The molecule has 1 N–H and O–H groups in total. The van der Waals surface area contributed by atoms with Gasteiger partial charge in [-0.25, -0.2) is 0 Å². The van der Waals surface area contributed by atoms with E-state index in [9.17, 15) is 5.11 Å². The van der Waals surface area contributed by atoms with Gasteiger partial charge in [-0.1, -0.05) is 37.1 Å². The van der Waals surface area contributed by atoms with Crippen molar-refractivity contribution >= 4 is 11.6 Å². The molecule has 1 aromatic carbocycles. The van der Waals surface area contributed by atoms with Crippen molar-refractivity contribution in [2.75, 3.05) is 26.2 Å². The fourth-order valence-corrected chi connectivity index (χ4v) is 3.53. The summed E-state index contributed by atoms with van der Waals surface area (Å²) in [5.74, 6) is 0. The van der Waals surface area contributed by atoms with Gasteiger partial charge in [0.2, 0.25) is 0 Å². The van der Waals surface area contributed by atoms with E-state index in [0.717, 1.165) is 24.4 Å². The molecule has 2 nitrogen and oxygen atoms in total. The van der Waals surface area contributed by atoms with Crippen molar-refractivity contribution in [2.24, 2.45) is 0 Å². The highest BCUT2D eigenvalue weighted by molar-refractivity contribution is 6.30. The van der Waals surface area contributed by atoms with Gasteiger partial charge >= 0.3 is 0 Å². The zero-order valence-electron chi connectivity index (χ0n) is 12.4. The van der Waals surface area contributed by atoms with Crippen LogP contribution >= 0.6 is 11.6 Å². The van der Waals surface area contributed by atoms with Crippen molar-refractivity contribution in [3.05, 3.63) is 34.9 Å². The van der Waals surface area contributed by atoms with E-state index < -0.39 is 0 Å². The highest BCUT2D eigenvalue weighted by Crippen LogP contribution is 2.37. The molecule has 1 atom stereocenters. The summed E-state index contributed by atoms with van der Waals surface area (Å²) in [6.45, 7) is 5.93. The van der Waals surface area contributed by atoms with Gasteiger partial charge < -0.3 is 10.0 Å². The lowest BCUT2D eigenvalue weighted by atomic mass is 9.72. The summed E-state index contributed by atoms with van der Waals surface area (Å²) in [5.41, 5.74) is 1.43. The van der Waals surface area contributed by atoms with E-state index in [2.05, 4.69) is 24.0 Å². The number of halogens is 1. The number of rotatable bonds is 6. The molecule has 3 heteroatoms. The summed E-state index contributed by atoms with van der Waals surface area (Å²) in [5, 5.41) is 10.3. The number of benzene rings is 1. The van der Waals surface area contributed by atoms with Gasteiger partial charge in [-0.15, -0.1) is 0 Å². The summed E-state index contributed by atoms with van der Waals surface area (Å²) >= 11 is 6.01. The van der Waals surface area contributed by atoms with Crippen LogP contribution in [0.3, 0.4) is 0 Å². The maximum absolute atomic E-state index is 9.52. The zero-order chi connectivity index (χ0) is 14.4. The quantitative estimate of drug-likeness (QED) is 0.861. The van der Waals surface area contributed by atoms with Crippen LogP contribution in [0, 0.1) is 0 Å². The Morgan fingerprint density at radius 3 is 2.70 bits per heavy atom. The number of aliphatic hydroxyl groups excluding tert-OH is 1. The van der Waals surface area contributed by atoms with Gasteiger partial charge in [0.15, 0.2) is 0 Å². The summed E-state index contributed by atoms with van der Waals surface area (Å²) in [6.07, 6.45) is 5.72. The zero-order valence-corrected chi connectivity index (χ0v) is 13.2. The lowest BCUT2D eigenvalue weighted by Gasteiger charge is -2.43. The number of unbranched alkanes of at least 4 members (excludes halogenated alkanes) is 1.